The molecule has 1 heterocycles. The highest BCUT2D eigenvalue weighted by atomic mass is 16.6. The Labute approximate surface area is 148 Å². The maximum Gasteiger partial charge on any atom is 0.293 e. The third kappa shape index (κ3) is 3.61. The molecule has 1 aliphatic heterocycles. The van der Waals surface area contributed by atoms with E-state index in [4.69, 9.17) is 0 Å². The normalized spacial score (nSPS) is 13.5. The van der Waals surface area contributed by atoms with Gasteiger partial charge in [0, 0.05) is 42.5 Å². The number of nitro groups is 2. The van der Waals surface area contributed by atoms with Crippen molar-refractivity contribution in [3.8, 4) is 0 Å². The Kier molecular flexibility index (Phi) is 4.78. The minimum Gasteiger partial charge on any atom is -0.366 e. The summed E-state index contributed by atoms with van der Waals surface area (Å²) >= 11 is 0. The molecule has 26 heavy (non-hydrogen) atoms. The van der Waals surface area contributed by atoms with Crippen LogP contribution in [0.15, 0.2) is 42.5 Å². The van der Waals surface area contributed by atoms with Crippen LogP contribution in [-0.4, -0.2) is 28.8 Å². The summed E-state index contributed by atoms with van der Waals surface area (Å²) in [5, 5.41) is 24.6. The first-order valence-corrected chi connectivity index (χ1v) is 8.05. The van der Waals surface area contributed by atoms with Gasteiger partial charge in [0.2, 0.25) is 0 Å². The molecule has 2 aromatic rings. The topological polar surface area (TPSA) is 119 Å². The van der Waals surface area contributed by atoms with Crippen molar-refractivity contribution in [2.24, 2.45) is 0 Å². The number of hydrogen-bond acceptors (Lipinski definition) is 6. The second-order valence-electron chi connectivity index (χ2n) is 5.91. The standard InChI is InChI=1S/C17H16N4O5/c22-17(18-13-4-6-14(7-5-13)20(23)24)12-3-8-15(16(11-12)21(25)26)19-9-1-2-10-19/h3-8,11H,1-2,9-10H2,(H,18,22). The second-order valence-corrected chi connectivity index (χ2v) is 5.91. The van der Waals surface area contributed by atoms with Crippen LogP contribution in [0.5, 0.6) is 0 Å². The average Bonchev–Trinajstić information content (AvgIpc) is 3.16. The largest absolute Gasteiger partial charge is 0.366 e. The van der Waals surface area contributed by atoms with E-state index in [2.05, 4.69) is 5.32 Å². The molecule has 1 aliphatic rings. The van der Waals surface area contributed by atoms with E-state index in [0.717, 1.165) is 25.9 Å². The number of nitrogens with one attached hydrogen (secondary N) is 1. The summed E-state index contributed by atoms with van der Waals surface area (Å²) in [7, 11) is 0. The number of rotatable bonds is 5. The van der Waals surface area contributed by atoms with Gasteiger partial charge in [-0.2, -0.15) is 0 Å². The van der Waals surface area contributed by atoms with Crippen LogP contribution >= 0.6 is 0 Å². The van der Waals surface area contributed by atoms with Gasteiger partial charge in [-0.15, -0.1) is 0 Å². The Morgan fingerprint density at radius 1 is 0.962 bits per heavy atom. The van der Waals surface area contributed by atoms with E-state index in [9.17, 15) is 25.0 Å². The molecule has 134 valence electrons. The molecule has 0 saturated carbocycles. The van der Waals surface area contributed by atoms with Crippen molar-refractivity contribution in [2.45, 2.75) is 12.8 Å². The Balaban J connectivity index is 1.81. The van der Waals surface area contributed by atoms with Gasteiger partial charge in [0.05, 0.1) is 9.85 Å². The Morgan fingerprint density at radius 3 is 2.19 bits per heavy atom. The molecule has 1 fully saturated rings. The average molecular weight is 356 g/mol. The van der Waals surface area contributed by atoms with Crippen LogP contribution in [0.25, 0.3) is 0 Å². The van der Waals surface area contributed by atoms with E-state index in [1.807, 2.05) is 4.90 Å². The molecule has 0 unspecified atom stereocenters. The number of anilines is 2. The van der Waals surface area contributed by atoms with Gasteiger partial charge in [-0.1, -0.05) is 0 Å². The second kappa shape index (κ2) is 7.18. The van der Waals surface area contributed by atoms with Crippen LogP contribution in [-0.2, 0) is 0 Å². The van der Waals surface area contributed by atoms with Crippen LogP contribution in [0.2, 0.25) is 0 Å². The quantitative estimate of drug-likeness (QED) is 0.648. The van der Waals surface area contributed by atoms with Gasteiger partial charge < -0.3 is 10.2 Å². The fraction of sp³-hybridized carbons (Fsp3) is 0.235. The molecule has 0 atom stereocenters. The van der Waals surface area contributed by atoms with Gasteiger partial charge in [0.15, 0.2) is 0 Å². The molecule has 1 amide bonds. The summed E-state index contributed by atoms with van der Waals surface area (Å²) < 4.78 is 0. The van der Waals surface area contributed by atoms with Crippen molar-refractivity contribution in [3.63, 3.8) is 0 Å². The van der Waals surface area contributed by atoms with E-state index in [0.29, 0.717) is 11.4 Å². The minimum atomic E-state index is -0.536. The van der Waals surface area contributed by atoms with Gasteiger partial charge in [-0.05, 0) is 37.1 Å². The highest BCUT2D eigenvalue weighted by Crippen LogP contribution is 2.32. The number of carbonyl (C=O) groups is 1. The van der Waals surface area contributed by atoms with E-state index >= 15 is 0 Å². The third-order valence-corrected chi connectivity index (χ3v) is 4.22. The lowest BCUT2D eigenvalue weighted by atomic mass is 10.1. The van der Waals surface area contributed by atoms with Gasteiger partial charge in [-0.3, -0.25) is 25.0 Å². The van der Waals surface area contributed by atoms with Crippen LogP contribution in [0.1, 0.15) is 23.2 Å². The van der Waals surface area contributed by atoms with Crippen molar-refractivity contribution in [1.82, 2.24) is 0 Å². The summed E-state index contributed by atoms with van der Waals surface area (Å²) in [6.07, 6.45) is 1.97. The highest BCUT2D eigenvalue weighted by Gasteiger charge is 2.24. The molecule has 0 bridgehead atoms. The first-order valence-electron chi connectivity index (χ1n) is 8.05. The number of amides is 1. The summed E-state index contributed by atoms with van der Waals surface area (Å²) in [6, 6.07) is 9.75. The molecule has 2 aromatic carbocycles. The number of carbonyl (C=O) groups excluding carboxylic acids is 1. The molecule has 9 heteroatoms. The SMILES string of the molecule is O=C(Nc1ccc([N+](=O)[O-])cc1)c1ccc(N2CCCC2)c([N+](=O)[O-])c1. The Bertz CT molecular complexity index is 860. The predicted molar refractivity (Wildman–Crippen MR) is 95.6 cm³/mol. The molecule has 3 rings (SSSR count). The van der Waals surface area contributed by atoms with Crippen molar-refractivity contribution >= 4 is 28.7 Å². The number of benzene rings is 2. The predicted octanol–water partition coefficient (Wildman–Crippen LogP) is 3.36. The zero-order valence-corrected chi connectivity index (χ0v) is 13.8. The van der Waals surface area contributed by atoms with Crippen molar-refractivity contribution < 1.29 is 14.6 Å². The lowest BCUT2D eigenvalue weighted by Gasteiger charge is -2.17. The first-order chi connectivity index (χ1) is 12.5. The summed E-state index contributed by atoms with van der Waals surface area (Å²) in [5.74, 6) is -0.519. The zero-order chi connectivity index (χ0) is 18.7. The van der Waals surface area contributed by atoms with Gasteiger partial charge in [0.25, 0.3) is 17.3 Å². The first kappa shape index (κ1) is 17.3. The summed E-state index contributed by atoms with van der Waals surface area (Å²) in [5.41, 5.74) is 0.834. The van der Waals surface area contributed by atoms with E-state index in [1.54, 1.807) is 12.1 Å². The fourth-order valence-corrected chi connectivity index (χ4v) is 2.91. The lowest BCUT2D eigenvalue weighted by molar-refractivity contribution is -0.384. The van der Waals surface area contributed by atoms with Crippen molar-refractivity contribution in [2.75, 3.05) is 23.3 Å². The molecular weight excluding hydrogens is 340 g/mol. The molecule has 9 nitrogen and oxygen atoms in total. The van der Waals surface area contributed by atoms with E-state index in [1.165, 1.54) is 30.3 Å². The summed E-state index contributed by atoms with van der Waals surface area (Å²) in [4.78, 5) is 35.3. The third-order valence-electron chi connectivity index (χ3n) is 4.22. The van der Waals surface area contributed by atoms with Crippen LogP contribution in [0.3, 0.4) is 0 Å². The van der Waals surface area contributed by atoms with Crippen LogP contribution in [0.4, 0.5) is 22.7 Å². The zero-order valence-electron chi connectivity index (χ0n) is 13.8. The number of non-ortho nitro benzene ring substituents is 1. The number of hydrogen-bond donors (Lipinski definition) is 1. The highest BCUT2D eigenvalue weighted by molar-refractivity contribution is 6.05. The maximum absolute atomic E-state index is 12.4. The van der Waals surface area contributed by atoms with Gasteiger partial charge in [-0.25, -0.2) is 0 Å². The van der Waals surface area contributed by atoms with Gasteiger partial charge in [0.1, 0.15) is 5.69 Å². The van der Waals surface area contributed by atoms with E-state index < -0.39 is 15.8 Å². The van der Waals surface area contributed by atoms with Gasteiger partial charge >= 0.3 is 0 Å². The fourth-order valence-electron chi connectivity index (χ4n) is 2.91. The van der Waals surface area contributed by atoms with Crippen molar-refractivity contribution in [3.05, 3.63) is 68.3 Å². The molecule has 0 aromatic heterocycles. The molecular formula is C17H16N4O5. The van der Waals surface area contributed by atoms with Crippen LogP contribution < -0.4 is 10.2 Å². The van der Waals surface area contributed by atoms with E-state index in [-0.39, 0.29) is 16.9 Å². The molecule has 0 radical (unpaired) electrons. The minimum absolute atomic E-state index is 0.0893. The molecule has 0 aliphatic carbocycles. The number of nitrogens with zero attached hydrogens (tertiary/aromatic N) is 3. The van der Waals surface area contributed by atoms with Crippen LogP contribution in [0, 0.1) is 20.2 Å². The monoisotopic (exact) mass is 356 g/mol. The maximum atomic E-state index is 12.4. The molecule has 1 saturated heterocycles. The number of nitro benzene ring substituents is 2. The molecule has 1 N–H and O–H groups in total. The molecule has 0 spiro atoms. The smallest absolute Gasteiger partial charge is 0.293 e. The summed E-state index contributed by atoms with van der Waals surface area (Å²) in [6.45, 7) is 1.52. The Morgan fingerprint density at radius 2 is 1.62 bits per heavy atom. The Hall–Kier alpha value is -3.49. The lowest BCUT2D eigenvalue weighted by Crippen LogP contribution is -2.19. The van der Waals surface area contributed by atoms with Crippen molar-refractivity contribution in [1.29, 1.82) is 0 Å².